The van der Waals surface area contributed by atoms with Crippen LogP contribution < -0.4 is 14.8 Å². The van der Waals surface area contributed by atoms with Crippen LogP contribution in [0.3, 0.4) is 0 Å². The maximum Gasteiger partial charge on any atom is 0.251 e. The third kappa shape index (κ3) is 5.77. The first-order chi connectivity index (χ1) is 12.3. The van der Waals surface area contributed by atoms with Gasteiger partial charge in [-0.1, -0.05) is 32.9 Å². The number of ether oxygens (including phenoxy) is 2. The summed E-state index contributed by atoms with van der Waals surface area (Å²) in [4.78, 5) is 12.1. The van der Waals surface area contributed by atoms with Crippen LogP contribution in [0.5, 0.6) is 11.5 Å². The highest BCUT2D eigenvalue weighted by molar-refractivity contribution is 5.94. The van der Waals surface area contributed by atoms with Crippen LogP contribution in [0.2, 0.25) is 0 Å². The van der Waals surface area contributed by atoms with E-state index in [1.54, 1.807) is 31.4 Å². The molecule has 5 nitrogen and oxygen atoms in total. The van der Waals surface area contributed by atoms with Gasteiger partial charge >= 0.3 is 0 Å². The van der Waals surface area contributed by atoms with Gasteiger partial charge in [0.05, 0.1) is 7.11 Å². The molecule has 2 aromatic rings. The number of carbonyl (C=O) groups excluding carboxylic acids is 1. The van der Waals surface area contributed by atoms with Crippen molar-refractivity contribution in [1.29, 1.82) is 0 Å². The molecule has 0 spiro atoms. The van der Waals surface area contributed by atoms with Crippen LogP contribution in [0.1, 0.15) is 36.7 Å². The predicted molar refractivity (Wildman–Crippen MR) is 102 cm³/mol. The largest absolute Gasteiger partial charge is 0.497 e. The second-order valence-electron chi connectivity index (χ2n) is 7.18. The van der Waals surface area contributed by atoms with E-state index in [-0.39, 0.29) is 24.5 Å². The minimum Gasteiger partial charge on any atom is -0.497 e. The zero-order valence-electron chi connectivity index (χ0n) is 15.8. The third-order valence-electron chi connectivity index (χ3n) is 4.01. The number of aliphatic hydroxyl groups excluding tert-OH is 1. The summed E-state index contributed by atoms with van der Waals surface area (Å²) in [6.45, 7) is 6.68. The van der Waals surface area contributed by atoms with Crippen molar-refractivity contribution in [3.8, 4) is 11.5 Å². The molecule has 0 radical (unpaired) electrons. The van der Waals surface area contributed by atoms with E-state index in [1.165, 1.54) is 5.56 Å². The molecule has 0 fully saturated rings. The fourth-order valence-electron chi connectivity index (χ4n) is 2.36. The summed E-state index contributed by atoms with van der Waals surface area (Å²) in [5.41, 5.74) is 1.82. The molecule has 140 valence electrons. The highest BCUT2D eigenvalue weighted by Gasteiger charge is 2.14. The van der Waals surface area contributed by atoms with Crippen LogP contribution in [0, 0.1) is 0 Å². The zero-order chi connectivity index (χ0) is 19.2. The first-order valence-corrected chi connectivity index (χ1v) is 8.63. The van der Waals surface area contributed by atoms with E-state index < -0.39 is 6.10 Å². The minimum atomic E-state index is -0.792. The Morgan fingerprint density at radius 1 is 1.04 bits per heavy atom. The van der Waals surface area contributed by atoms with Gasteiger partial charge in [0.2, 0.25) is 0 Å². The summed E-state index contributed by atoms with van der Waals surface area (Å²) >= 11 is 0. The smallest absolute Gasteiger partial charge is 0.251 e. The van der Waals surface area contributed by atoms with Crippen LogP contribution in [-0.2, 0) is 5.41 Å². The van der Waals surface area contributed by atoms with E-state index in [0.29, 0.717) is 17.1 Å². The van der Waals surface area contributed by atoms with E-state index in [9.17, 15) is 9.90 Å². The van der Waals surface area contributed by atoms with Gasteiger partial charge in [-0.05, 0) is 47.4 Å². The van der Waals surface area contributed by atoms with E-state index in [2.05, 4.69) is 26.1 Å². The third-order valence-corrected chi connectivity index (χ3v) is 4.01. The summed E-state index contributed by atoms with van der Waals surface area (Å²) < 4.78 is 10.6. The van der Waals surface area contributed by atoms with Crippen molar-refractivity contribution in [1.82, 2.24) is 5.32 Å². The second-order valence-corrected chi connectivity index (χ2v) is 7.18. The SMILES string of the molecule is COc1ccc(C(=O)NC[C@H](O)COc2ccc(C(C)(C)C)cc2)cc1. The first-order valence-electron chi connectivity index (χ1n) is 8.63. The quantitative estimate of drug-likeness (QED) is 0.799. The summed E-state index contributed by atoms with van der Waals surface area (Å²) in [6, 6.07) is 14.6. The maximum absolute atomic E-state index is 12.1. The van der Waals surface area contributed by atoms with Gasteiger partial charge < -0.3 is 19.9 Å². The highest BCUT2D eigenvalue weighted by atomic mass is 16.5. The van der Waals surface area contributed by atoms with Crippen molar-refractivity contribution >= 4 is 5.91 Å². The molecule has 1 amide bonds. The van der Waals surface area contributed by atoms with Crippen LogP contribution in [0.25, 0.3) is 0 Å². The molecule has 5 heteroatoms. The molecular formula is C21H27NO4. The fraction of sp³-hybridized carbons (Fsp3) is 0.381. The minimum absolute atomic E-state index is 0.0871. The molecule has 0 saturated heterocycles. The molecule has 0 aliphatic rings. The van der Waals surface area contributed by atoms with Gasteiger partial charge in [-0.15, -0.1) is 0 Å². The fourth-order valence-corrected chi connectivity index (χ4v) is 2.36. The van der Waals surface area contributed by atoms with Crippen molar-refractivity contribution in [3.63, 3.8) is 0 Å². The van der Waals surface area contributed by atoms with Crippen LogP contribution >= 0.6 is 0 Å². The molecule has 0 aromatic heterocycles. The molecule has 2 aromatic carbocycles. The lowest BCUT2D eigenvalue weighted by Crippen LogP contribution is -2.35. The Morgan fingerprint density at radius 3 is 2.15 bits per heavy atom. The molecule has 0 unspecified atom stereocenters. The zero-order valence-corrected chi connectivity index (χ0v) is 15.8. The number of methoxy groups -OCH3 is 1. The van der Waals surface area contributed by atoms with Crippen molar-refractivity contribution in [2.45, 2.75) is 32.3 Å². The Bertz CT molecular complexity index is 702. The van der Waals surface area contributed by atoms with Crippen molar-refractivity contribution in [2.24, 2.45) is 0 Å². The number of aliphatic hydroxyl groups is 1. The topological polar surface area (TPSA) is 67.8 Å². The Labute approximate surface area is 155 Å². The molecule has 0 saturated carbocycles. The molecule has 26 heavy (non-hydrogen) atoms. The van der Waals surface area contributed by atoms with Crippen molar-refractivity contribution in [3.05, 3.63) is 59.7 Å². The lowest BCUT2D eigenvalue weighted by Gasteiger charge is -2.19. The predicted octanol–water partition coefficient (Wildman–Crippen LogP) is 3.16. The van der Waals surface area contributed by atoms with E-state index >= 15 is 0 Å². The van der Waals surface area contributed by atoms with Gasteiger partial charge in [-0.2, -0.15) is 0 Å². The molecule has 0 heterocycles. The standard InChI is InChI=1S/C21H27NO4/c1-21(2,3)16-7-11-19(12-8-16)26-14-17(23)13-22-20(24)15-5-9-18(25-4)10-6-15/h5-12,17,23H,13-14H2,1-4H3,(H,22,24)/t17-/m0/s1. The number of hydrogen-bond donors (Lipinski definition) is 2. The maximum atomic E-state index is 12.1. The Balaban J connectivity index is 1.77. The summed E-state index contributed by atoms with van der Waals surface area (Å²) in [5, 5.41) is 12.7. The summed E-state index contributed by atoms with van der Waals surface area (Å²) in [7, 11) is 1.57. The van der Waals surface area contributed by atoms with Crippen molar-refractivity contribution < 1.29 is 19.4 Å². The van der Waals surface area contributed by atoms with Gasteiger partial charge in [0.15, 0.2) is 0 Å². The lowest BCUT2D eigenvalue weighted by molar-refractivity contribution is 0.0843. The summed E-state index contributed by atoms with van der Waals surface area (Å²) in [5.74, 6) is 1.13. The monoisotopic (exact) mass is 357 g/mol. The average molecular weight is 357 g/mol. The lowest BCUT2D eigenvalue weighted by atomic mass is 9.87. The van der Waals surface area contributed by atoms with Gasteiger partial charge in [0.1, 0.15) is 24.2 Å². The van der Waals surface area contributed by atoms with Crippen LogP contribution in [0.4, 0.5) is 0 Å². The Kier molecular flexibility index (Phi) is 6.64. The molecule has 0 aliphatic heterocycles. The Morgan fingerprint density at radius 2 is 1.62 bits per heavy atom. The number of rotatable bonds is 7. The average Bonchev–Trinajstić information content (AvgIpc) is 2.64. The second kappa shape index (κ2) is 8.72. The Hall–Kier alpha value is -2.53. The summed E-state index contributed by atoms with van der Waals surface area (Å²) in [6.07, 6.45) is -0.792. The molecule has 2 N–H and O–H groups in total. The van der Waals surface area contributed by atoms with E-state index in [4.69, 9.17) is 9.47 Å². The van der Waals surface area contributed by atoms with E-state index in [1.807, 2.05) is 24.3 Å². The van der Waals surface area contributed by atoms with Crippen molar-refractivity contribution in [2.75, 3.05) is 20.3 Å². The molecule has 1 atom stereocenters. The number of benzene rings is 2. The van der Waals surface area contributed by atoms with Gasteiger partial charge in [-0.3, -0.25) is 4.79 Å². The molecular weight excluding hydrogens is 330 g/mol. The number of nitrogens with one attached hydrogen (secondary N) is 1. The normalized spacial score (nSPS) is 12.3. The van der Waals surface area contributed by atoms with Gasteiger partial charge in [0, 0.05) is 12.1 Å². The highest BCUT2D eigenvalue weighted by Crippen LogP contribution is 2.24. The van der Waals surface area contributed by atoms with Crippen LogP contribution in [-0.4, -0.2) is 37.4 Å². The molecule has 2 rings (SSSR count). The van der Waals surface area contributed by atoms with Gasteiger partial charge in [0.25, 0.3) is 5.91 Å². The molecule has 0 bridgehead atoms. The van der Waals surface area contributed by atoms with Crippen LogP contribution in [0.15, 0.2) is 48.5 Å². The first kappa shape index (κ1) is 19.8. The number of amides is 1. The van der Waals surface area contributed by atoms with E-state index in [0.717, 1.165) is 0 Å². The number of hydrogen-bond acceptors (Lipinski definition) is 4. The van der Waals surface area contributed by atoms with Gasteiger partial charge in [-0.25, -0.2) is 0 Å². The number of carbonyl (C=O) groups is 1. The molecule has 0 aliphatic carbocycles.